The van der Waals surface area contributed by atoms with E-state index in [1.165, 1.54) is 17.1 Å². The smallest absolute Gasteiger partial charge is 0.370 e. The molecule has 1 saturated heterocycles. The van der Waals surface area contributed by atoms with Crippen LogP contribution in [0, 0.1) is 0 Å². The lowest BCUT2D eigenvalue weighted by molar-refractivity contribution is -0.137. The molecule has 0 saturated carbocycles. The molecular formula is C20H19F3N6O. The minimum absolute atomic E-state index is 0.154. The van der Waals surface area contributed by atoms with Crippen LogP contribution in [0.2, 0.25) is 0 Å². The fourth-order valence-electron chi connectivity index (χ4n) is 3.46. The van der Waals surface area contributed by atoms with E-state index >= 15 is 0 Å². The number of carbonyl (C=O) groups excluding carboxylic acids is 1. The maximum atomic E-state index is 13.2. The monoisotopic (exact) mass is 416 g/mol. The summed E-state index contributed by atoms with van der Waals surface area (Å²) in [4.78, 5) is 14.8. The number of benzene rings is 2. The lowest BCUT2D eigenvalue weighted by atomic mass is 10.1. The second-order valence-electron chi connectivity index (χ2n) is 7.03. The van der Waals surface area contributed by atoms with Gasteiger partial charge < -0.3 is 10.2 Å². The van der Waals surface area contributed by atoms with Crippen molar-refractivity contribution in [3.63, 3.8) is 0 Å². The minimum atomic E-state index is -4.49. The second-order valence-corrected chi connectivity index (χ2v) is 7.03. The summed E-state index contributed by atoms with van der Waals surface area (Å²) in [6.45, 7) is 1.49. The molecule has 1 fully saturated rings. The zero-order valence-corrected chi connectivity index (χ0v) is 15.9. The number of aromatic nitrogens is 4. The minimum Gasteiger partial charge on any atom is -0.370 e. The van der Waals surface area contributed by atoms with E-state index in [-0.39, 0.29) is 5.69 Å². The van der Waals surface area contributed by atoms with Crippen LogP contribution in [0.1, 0.15) is 35.2 Å². The molecule has 4 rings (SSSR count). The Hall–Kier alpha value is -3.43. The van der Waals surface area contributed by atoms with Gasteiger partial charge in [0.2, 0.25) is 0 Å². The SMILES string of the molecule is O=C(Nc1cc(C(F)(F)F)ccc1N1CCCCC1)c1ccc(-n2cnnn2)cc1. The van der Waals surface area contributed by atoms with Gasteiger partial charge in [-0.2, -0.15) is 13.2 Å². The first kappa shape index (κ1) is 19.9. The summed E-state index contributed by atoms with van der Waals surface area (Å²) in [5.41, 5.74) is 0.925. The van der Waals surface area contributed by atoms with Gasteiger partial charge in [0.1, 0.15) is 6.33 Å². The summed E-state index contributed by atoms with van der Waals surface area (Å²) in [6.07, 6.45) is -0.0531. The van der Waals surface area contributed by atoms with Crippen LogP contribution in [0.15, 0.2) is 48.8 Å². The molecule has 0 radical (unpaired) electrons. The molecule has 1 amide bonds. The van der Waals surface area contributed by atoms with Gasteiger partial charge in [0.05, 0.1) is 22.6 Å². The molecule has 156 valence electrons. The number of nitrogens with zero attached hydrogens (tertiary/aromatic N) is 5. The molecule has 10 heteroatoms. The maximum absolute atomic E-state index is 13.2. The Morgan fingerprint density at radius 2 is 1.73 bits per heavy atom. The Morgan fingerprint density at radius 1 is 1.00 bits per heavy atom. The third kappa shape index (κ3) is 4.27. The van der Waals surface area contributed by atoms with Crippen LogP contribution in [0.25, 0.3) is 5.69 Å². The van der Waals surface area contributed by atoms with Gasteiger partial charge in [0.25, 0.3) is 5.91 Å². The average Bonchev–Trinajstić information content (AvgIpc) is 3.29. The molecule has 0 unspecified atom stereocenters. The van der Waals surface area contributed by atoms with Crippen molar-refractivity contribution in [1.82, 2.24) is 20.2 Å². The number of carbonyl (C=O) groups is 1. The first-order valence-electron chi connectivity index (χ1n) is 9.53. The largest absolute Gasteiger partial charge is 0.416 e. The number of alkyl halides is 3. The Morgan fingerprint density at radius 3 is 2.37 bits per heavy atom. The van der Waals surface area contributed by atoms with Gasteiger partial charge in [-0.3, -0.25) is 4.79 Å². The van der Waals surface area contributed by atoms with Crippen LogP contribution in [0.4, 0.5) is 24.5 Å². The van der Waals surface area contributed by atoms with Gasteiger partial charge in [0.15, 0.2) is 0 Å². The van der Waals surface area contributed by atoms with Crippen LogP contribution in [0.5, 0.6) is 0 Å². The first-order valence-corrected chi connectivity index (χ1v) is 9.53. The average molecular weight is 416 g/mol. The highest BCUT2D eigenvalue weighted by molar-refractivity contribution is 6.06. The van der Waals surface area contributed by atoms with Crippen molar-refractivity contribution in [2.45, 2.75) is 25.4 Å². The first-order chi connectivity index (χ1) is 14.4. The molecule has 0 spiro atoms. The number of amides is 1. The molecule has 2 heterocycles. The van der Waals surface area contributed by atoms with E-state index in [0.29, 0.717) is 16.9 Å². The van der Waals surface area contributed by atoms with Crippen molar-refractivity contribution in [2.24, 2.45) is 0 Å². The van der Waals surface area contributed by atoms with Crippen LogP contribution in [-0.4, -0.2) is 39.2 Å². The highest BCUT2D eigenvalue weighted by Crippen LogP contribution is 2.36. The number of nitrogens with one attached hydrogen (secondary N) is 1. The predicted octanol–water partition coefficient (Wildman–Crippen LogP) is 3.92. The number of tetrazole rings is 1. The van der Waals surface area contributed by atoms with Gasteiger partial charge in [-0.15, -0.1) is 5.10 Å². The number of hydrogen-bond donors (Lipinski definition) is 1. The van der Waals surface area contributed by atoms with Gasteiger partial charge >= 0.3 is 6.18 Å². The summed E-state index contributed by atoms with van der Waals surface area (Å²) in [7, 11) is 0. The zero-order valence-electron chi connectivity index (χ0n) is 15.9. The summed E-state index contributed by atoms with van der Waals surface area (Å²) >= 11 is 0. The fourth-order valence-corrected chi connectivity index (χ4v) is 3.46. The van der Waals surface area contributed by atoms with Crippen LogP contribution >= 0.6 is 0 Å². The topological polar surface area (TPSA) is 75.9 Å². The summed E-state index contributed by atoms with van der Waals surface area (Å²) in [5.74, 6) is -0.490. The molecule has 2 aromatic carbocycles. The van der Waals surface area contributed by atoms with E-state index in [4.69, 9.17) is 0 Å². The molecule has 0 bridgehead atoms. The van der Waals surface area contributed by atoms with Crippen molar-refractivity contribution in [3.05, 3.63) is 59.9 Å². The second kappa shape index (κ2) is 8.13. The van der Waals surface area contributed by atoms with Gasteiger partial charge in [-0.25, -0.2) is 4.68 Å². The van der Waals surface area contributed by atoms with Crippen molar-refractivity contribution >= 4 is 17.3 Å². The molecule has 30 heavy (non-hydrogen) atoms. The van der Waals surface area contributed by atoms with E-state index in [1.807, 2.05) is 4.90 Å². The quantitative estimate of drug-likeness (QED) is 0.698. The Kier molecular flexibility index (Phi) is 5.39. The lowest BCUT2D eigenvalue weighted by Gasteiger charge is -2.31. The zero-order chi connectivity index (χ0) is 21.1. The number of halogens is 3. The van der Waals surface area contributed by atoms with E-state index in [1.54, 1.807) is 24.3 Å². The van der Waals surface area contributed by atoms with Crippen LogP contribution in [-0.2, 0) is 6.18 Å². The van der Waals surface area contributed by atoms with Crippen LogP contribution in [0.3, 0.4) is 0 Å². The number of hydrogen-bond acceptors (Lipinski definition) is 5. The molecular weight excluding hydrogens is 397 g/mol. The predicted molar refractivity (Wildman–Crippen MR) is 105 cm³/mol. The van der Waals surface area contributed by atoms with E-state index in [9.17, 15) is 18.0 Å². The van der Waals surface area contributed by atoms with Gasteiger partial charge in [-0.1, -0.05) is 0 Å². The fraction of sp³-hybridized carbons (Fsp3) is 0.300. The van der Waals surface area contributed by atoms with Crippen molar-refractivity contribution in [1.29, 1.82) is 0 Å². The summed E-state index contributed by atoms with van der Waals surface area (Å²) in [5, 5.41) is 13.5. The van der Waals surface area contributed by atoms with Crippen LogP contribution < -0.4 is 10.2 Å². The normalized spacial score (nSPS) is 14.6. The van der Waals surface area contributed by atoms with E-state index in [2.05, 4.69) is 20.8 Å². The Labute approximate surface area is 170 Å². The van der Waals surface area contributed by atoms with Crippen molar-refractivity contribution < 1.29 is 18.0 Å². The molecule has 1 N–H and O–H groups in total. The summed E-state index contributed by atoms with van der Waals surface area (Å²) < 4.78 is 41.1. The third-order valence-electron chi connectivity index (χ3n) is 5.01. The number of anilines is 2. The molecule has 0 aliphatic carbocycles. The Balaban J connectivity index is 1.60. The number of rotatable bonds is 4. The molecule has 1 aliphatic heterocycles. The highest BCUT2D eigenvalue weighted by atomic mass is 19.4. The molecule has 3 aromatic rings. The highest BCUT2D eigenvalue weighted by Gasteiger charge is 2.32. The Bertz CT molecular complexity index is 1010. The number of piperidine rings is 1. The van der Waals surface area contributed by atoms with Gasteiger partial charge in [0, 0.05) is 18.7 Å². The molecule has 1 aliphatic rings. The van der Waals surface area contributed by atoms with E-state index in [0.717, 1.165) is 44.5 Å². The molecule has 7 nitrogen and oxygen atoms in total. The van der Waals surface area contributed by atoms with Crippen molar-refractivity contribution in [2.75, 3.05) is 23.3 Å². The molecule has 0 atom stereocenters. The third-order valence-corrected chi connectivity index (χ3v) is 5.01. The standard InChI is InChI=1S/C20H19F3N6O/c21-20(22,23)15-6-9-18(28-10-2-1-3-11-28)17(12-15)25-19(30)14-4-7-16(8-5-14)29-13-24-26-27-29/h4-9,12-13H,1-3,10-11H2,(H,25,30). The maximum Gasteiger partial charge on any atom is 0.416 e. The molecule has 1 aromatic heterocycles. The summed E-state index contributed by atoms with van der Waals surface area (Å²) in [6, 6.07) is 9.94. The van der Waals surface area contributed by atoms with Gasteiger partial charge in [-0.05, 0) is 72.2 Å². The van der Waals surface area contributed by atoms with Crippen molar-refractivity contribution in [3.8, 4) is 5.69 Å². The van der Waals surface area contributed by atoms with E-state index < -0.39 is 17.6 Å². The lowest BCUT2D eigenvalue weighted by Crippen LogP contribution is -2.30.